The van der Waals surface area contributed by atoms with Gasteiger partial charge < -0.3 is 9.47 Å². The average Bonchev–Trinajstić information content (AvgIpc) is 2.30. The van der Waals surface area contributed by atoms with E-state index < -0.39 is 22.9 Å². The van der Waals surface area contributed by atoms with Gasteiger partial charge in [-0.1, -0.05) is 0 Å². The van der Waals surface area contributed by atoms with E-state index in [2.05, 4.69) is 0 Å². The number of methoxy groups -OCH3 is 1. The van der Waals surface area contributed by atoms with Gasteiger partial charge in [0.25, 0.3) is 5.69 Å². The number of nitro benzene ring substituents is 1. The Morgan fingerprint density at radius 3 is 2.72 bits per heavy atom. The Morgan fingerprint density at radius 1 is 1.50 bits per heavy atom. The average molecular weight is 255 g/mol. The molecule has 0 saturated heterocycles. The highest BCUT2D eigenvalue weighted by atomic mass is 19.1. The van der Waals surface area contributed by atoms with Crippen molar-refractivity contribution < 1.29 is 23.6 Å². The molecule has 0 spiro atoms. The van der Waals surface area contributed by atoms with Crippen molar-refractivity contribution in [3.05, 3.63) is 34.1 Å². The highest BCUT2D eigenvalue weighted by Crippen LogP contribution is 2.28. The molecular weight excluding hydrogens is 245 g/mol. The lowest BCUT2D eigenvalue weighted by atomic mass is 9.90. The fraction of sp³-hybridized carbons (Fsp3) is 0.364. The van der Waals surface area contributed by atoms with E-state index in [-0.39, 0.29) is 23.6 Å². The first-order valence-corrected chi connectivity index (χ1v) is 5.19. The lowest BCUT2D eigenvalue weighted by Gasteiger charge is -2.33. The van der Waals surface area contributed by atoms with Gasteiger partial charge in [0.1, 0.15) is 6.10 Å². The molecule has 0 aliphatic heterocycles. The van der Waals surface area contributed by atoms with Crippen LogP contribution in [0.2, 0.25) is 0 Å². The van der Waals surface area contributed by atoms with Gasteiger partial charge >= 0.3 is 0 Å². The van der Waals surface area contributed by atoms with Crippen LogP contribution in [0.3, 0.4) is 0 Å². The van der Waals surface area contributed by atoms with Gasteiger partial charge in [0.2, 0.25) is 0 Å². The minimum atomic E-state index is -0.835. The number of rotatable bonds is 4. The molecule has 1 aliphatic rings. The number of nitrogens with zero attached hydrogens (tertiary/aromatic N) is 1. The van der Waals surface area contributed by atoms with E-state index in [0.717, 1.165) is 12.1 Å². The molecule has 0 amide bonds. The van der Waals surface area contributed by atoms with E-state index >= 15 is 0 Å². The van der Waals surface area contributed by atoms with Gasteiger partial charge in [-0.05, 0) is 6.07 Å². The molecule has 7 heteroatoms. The van der Waals surface area contributed by atoms with Crippen molar-refractivity contribution >= 4 is 11.5 Å². The van der Waals surface area contributed by atoms with E-state index in [1.807, 2.05) is 0 Å². The fourth-order valence-corrected chi connectivity index (χ4v) is 1.72. The Hall–Kier alpha value is -2.02. The summed E-state index contributed by atoms with van der Waals surface area (Å²) in [6, 6.07) is 3.08. The first-order chi connectivity index (χ1) is 8.52. The van der Waals surface area contributed by atoms with Crippen LogP contribution in [0.25, 0.3) is 0 Å². The zero-order valence-electron chi connectivity index (χ0n) is 9.46. The maximum Gasteiger partial charge on any atom is 0.272 e. The second-order valence-corrected chi connectivity index (χ2v) is 3.85. The quantitative estimate of drug-likeness (QED) is 0.601. The van der Waals surface area contributed by atoms with Crippen LogP contribution in [0.15, 0.2) is 18.2 Å². The summed E-state index contributed by atoms with van der Waals surface area (Å²) in [5.41, 5.74) is -0.354. The molecule has 0 N–H and O–H groups in total. The van der Waals surface area contributed by atoms with E-state index in [0.29, 0.717) is 0 Å². The number of carbonyl (C=O) groups is 1. The SMILES string of the molecule is COC1C(=O)CC1Oc1ccc([N+](=O)[O-])cc1F. The van der Waals surface area contributed by atoms with Crippen molar-refractivity contribution in [3.8, 4) is 5.75 Å². The molecule has 1 aliphatic carbocycles. The van der Waals surface area contributed by atoms with Crippen molar-refractivity contribution in [2.45, 2.75) is 18.6 Å². The molecule has 6 nitrogen and oxygen atoms in total. The van der Waals surface area contributed by atoms with Crippen LogP contribution in [-0.2, 0) is 9.53 Å². The van der Waals surface area contributed by atoms with E-state index in [4.69, 9.17) is 9.47 Å². The van der Waals surface area contributed by atoms with Crippen LogP contribution in [0.4, 0.5) is 10.1 Å². The van der Waals surface area contributed by atoms with Gasteiger partial charge in [-0.25, -0.2) is 4.39 Å². The Morgan fingerprint density at radius 2 is 2.22 bits per heavy atom. The second-order valence-electron chi connectivity index (χ2n) is 3.85. The first kappa shape index (κ1) is 12.4. The normalized spacial score (nSPS) is 22.4. The highest BCUT2D eigenvalue weighted by Gasteiger charge is 2.42. The summed E-state index contributed by atoms with van der Waals surface area (Å²) in [5, 5.41) is 10.4. The number of Topliss-reactive ketones (excluding diaryl/α,β-unsaturated/α-hetero) is 1. The Kier molecular flexibility index (Phi) is 3.24. The molecule has 0 bridgehead atoms. The molecule has 2 rings (SSSR count). The number of non-ortho nitro benzene ring substituents is 1. The van der Waals surface area contributed by atoms with Crippen LogP contribution in [0.5, 0.6) is 5.75 Å². The Labute approximate surface area is 101 Å². The number of ether oxygens (including phenoxy) is 2. The summed E-state index contributed by atoms with van der Waals surface area (Å²) in [5.74, 6) is -1.07. The third-order valence-corrected chi connectivity index (χ3v) is 2.72. The van der Waals surface area contributed by atoms with Gasteiger partial charge in [0.05, 0.1) is 11.0 Å². The lowest BCUT2D eigenvalue weighted by Crippen LogP contribution is -2.51. The summed E-state index contributed by atoms with van der Waals surface area (Å²) in [6.07, 6.45) is -1.09. The maximum absolute atomic E-state index is 13.5. The molecule has 0 radical (unpaired) electrons. The monoisotopic (exact) mass is 255 g/mol. The van der Waals surface area contributed by atoms with Crippen molar-refractivity contribution in [2.75, 3.05) is 7.11 Å². The predicted octanol–water partition coefficient (Wildman–Crippen LogP) is 1.47. The second kappa shape index (κ2) is 4.69. The topological polar surface area (TPSA) is 78.7 Å². The molecule has 2 atom stereocenters. The van der Waals surface area contributed by atoms with Gasteiger partial charge in [-0.3, -0.25) is 14.9 Å². The molecule has 1 saturated carbocycles. The number of halogens is 1. The number of ketones is 1. The maximum atomic E-state index is 13.5. The molecule has 1 fully saturated rings. The van der Waals surface area contributed by atoms with Crippen LogP contribution < -0.4 is 4.74 Å². The summed E-state index contributed by atoms with van der Waals surface area (Å²) in [7, 11) is 1.37. The third-order valence-electron chi connectivity index (χ3n) is 2.72. The molecule has 18 heavy (non-hydrogen) atoms. The molecular formula is C11H10FNO5. The minimum absolute atomic E-state index is 0.107. The minimum Gasteiger partial charge on any atom is -0.484 e. The fourth-order valence-electron chi connectivity index (χ4n) is 1.72. The first-order valence-electron chi connectivity index (χ1n) is 5.19. The lowest BCUT2D eigenvalue weighted by molar-refractivity contribution is -0.385. The van der Waals surface area contributed by atoms with Crippen LogP contribution in [-0.4, -0.2) is 30.0 Å². The summed E-state index contributed by atoms with van der Waals surface area (Å²) < 4.78 is 23.6. The van der Waals surface area contributed by atoms with Crippen LogP contribution in [0, 0.1) is 15.9 Å². The van der Waals surface area contributed by atoms with Crippen molar-refractivity contribution in [3.63, 3.8) is 0 Å². The van der Waals surface area contributed by atoms with Crippen LogP contribution in [0.1, 0.15) is 6.42 Å². The smallest absolute Gasteiger partial charge is 0.272 e. The zero-order valence-corrected chi connectivity index (χ0v) is 9.46. The van der Waals surface area contributed by atoms with Crippen molar-refractivity contribution in [1.82, 2.24) is 0 Å². The van der Waals surface area contributed by atoms with Gasteiger partial charge in [-0.15, -0.1) is 0 Å². The standard InChI is InChI=1S/C11H10FNO5/c1-17-11-8(14)5-10(11)18-9-3-2-6(13(15)16)4-7(9)12/h2-4,10-11H,5H2,1H3. The molecule has 2 unspecified atom stereocenters. The molecule has 0 aromatic heterocycles. The van der Waals surface area contributed by atoms with E-state index in [9.17, 15) is 19.3 Å². The number of nitro groups is 1. The van der Waals surface area contributed by atoms with Gasteiger partial charge in [0, 0.05) is 19.6 Å². The third kappa shape index (κ3) is 2.17. The number of hydrogen-bond donors (Lipinski definition) is 0. The summed E-state index contributed by atoms with van der Waals surface area (Å²) >= 11 is 0. The number of benzene rings is 1. The molecule has 0 heterocycles. The number of hydrogen-bond acceptors (Lipinski definition) is 5. The zero-order chi connectivity index (χ0) is 13.3. The van der Waals surface area contributed by atoms with Crippen LogP contribution >= 0.6 is 0 Å². The van der Waals surface area contributed by atoms with Gasteiger partial charge in [-0.2, -0.15) is 0 Å². The van der Waals surface area contributed by atoms with Gasteiger partial charge in [0.15, 0.2) is 23.5 Å². The van der Waals surface area contributed by atoms with Crippen molar-refractivity contribution in [2.24, 2.45) is 0 Å². The largest absolute Gasteiger partial charge is 0.484 e. The molecule has 1 aromatic carbocycles. The summed E-state index contributed by atoms with van der Waals surface area (Å²) in [4.78, 5) is 20.8. The molecule has 1 aromatic rings. The Bertz CT molecular complexity index is 504. The van der Waals surface area contributed by atoms with E-state index in [1.165, 1.54) is 13.2 Å². The van der Waals surface area contributed by atoms with E-state index in [1.54, 1.807) is 0 Å². The van der Waals surface area contributed by atoms with Crippen molar-refractivity contribution in [1.29, 1.82) is 0 Å². The Balaban J connectivity index is 2.11. The number of carbonyl (C=O) groups excluding carboxylic acids is 1. The highest BCUT2D eigenvalue weighted by molar-refractivity contribution is 5.90. The predicted molar refractivity (Wildman–Crippen MR) is 57.9 cm³/mol. The molecule has 96 valence electrons. The summed E-state index contributed by atoms with van der Waals surface area (Å²) in [6.45, 7) is 0.